The lowest BCUT2D eigenvalue weighted by molar-refractivity contribution is 0.0802. The Bertz CT molecular complexity index is 489. The third-order valence-electron chi connectivity index (χ3n) is 3.98. The average Bonchev–Trinajstić information content (AvgIpc) is 3.03. The lowest BCUT2D eigenvalue weighted by Crippen LogP contribution is -2.28. The molecule has 2 aliphatic rings. The van der Waals surface area contributed by atoms with Crippen LogP contribution in [-0.2, 0) is 0 Å². The van der Waals surface area contributed by atoms with E-state index in [1.165, 1.54) is 0 Å². The van der Waals surface area contributed by atoms with E-state index >= 15 is 0 Å². The summed E-state index contributed by atoms with van der Waals surface area (Å²) in [5.41, 5.74) is 0.969. The Morgan fingerprint density at radius 3 is 2.62 bits per heavy atom. The summed E-state index contributed by atoms with van der Waals surface area (Å²) in [4.78, 5) is 24.5. The molecule has 1 aromatic carbocycles. The summed E-state index contributed by atoms with van der Waals surface area (Å²) in [6.07, 6.45) is 2.60. The molecule has 1 aromatic rings. The Hall–Kier alpha value is -1.44. The molecule has 82 valence electrons. The van der Waals surface area contributed by atoms with Crippen molar-refractivity contribution in [3.63, 3.8) is 0 Å². The average molecular weight is 214 g/mol. The van der Waals surface area contributed by atoms with E-state index in [4.69, 9.17) is 0 Å². The number of rotatable bonds is 2. The van der Waals surface area contributed by atoms with E-state index in [9.17, 15) is 9.59 Å². The first-order valence-electron chi connectivity index (χ1n) is 5.89. The summed E-state index contributed by atoms with van der Waals surface area (Å²) in [5, 5.41) is 0. The van der Waals surface area contributed by atoms with Gasteiger partial charge in [-0.1, -0.05) is 37.6 Å². The van der Waals surface area contributed by atoms with Crippen LogP contribution in [0.5, 0.6) is 0 Å². The topological polar surface area (TPSA) is 34.1 Å². The number of Topliss-reactive ketones (excluding diaryl/α,β-unsaturated/α-hetero) is 2. The third-order valence-corrected chi connectivity index (χ3v) is 3.98. The quantitative estimate of drug-likeness (QED) is 0.758. The Morgan fingerprint density at radius 2 is 1.94 bits per heavy atom. The van der Waals surface area contributed by atoms with Gasteiger partial charge in [-0.2, -0.15) is 0 Å². The first kappa shape index (κ1) is 9.76. The number of ketones is 2. The van der Waals surface area contributed by atoms with Gasteiger partial charge in [-0.15, -0.1) is 0 Å². The lowest BCUT2D eigenvalue weighted by Gasteiger charge is -2.21. The number of fused-ring (bicyclic) bond motifs is 2. The molecular formula is C14H14O2. The molecule has 3 rings (SSSR count). The molecule has 0 spiro atoms. The number of carbonyl (C=O) groups excluding carboxylic acids is 2. The molecule has 2 aliphatic carbocycles. The van der Waals surface area contributed by atoms with Crippen LogP contribution in [0.2, 0.25) is 0 Å². The Kier molecular flexibility index (Phi) is 1.85. The monoisotopic (exact) mass is 214 g/mol. The molecule has 2 unspecified atom stereocenters. The van der Waals surface area contributed by atoms with Crippen molar-refractivity contribution in [3.8, 4) is 0 Å². The minimum atomic E-state index is -0.319. The van der Waals surface area contributed by atoms with Crippen molar-refractivity contribution in [3.05, 3.63) is 35.4 Å². The summed E-state index contributed by atoms with van der Waals surface area (Å²) in [5.74, 6) is 0.369. The van der Waals surface area contributed by atoms with Crippen molar-refractivity contribution in [1.82, 2.24) is 0 Å². The first-order valence-corrected chi connectivity index (χ1v) is 5.89. The second kappa shape index (κ2) is 3.03. The third kappa shape index (κ3) is 1.02. The van der Waals surface area contributed by atoms with Gasteiger partial charge < -0.3 is 0 Å². The largest absolute Gasteiger partial charge is 0.294 e. The van der Waals surface area contributed by atoms with Crippen LogP contribution in [0.15, 0.2) is 24.3 Å². The van der Waals surface area contributed by atoms with Crippen LogP contribution in [0, 0.1) is 11.3 Å². The highest BCUT2D eigenvalue weighted by molar-refractivity contribution is 6.20. The van der Waals surface area contributed by atoms with Gasteiger partial charge in [0.05, 0.1) is 0 Å². The number of hydrogen-bond donors (Lipinski definition) is 0. The summed E-state index contributed by atoms with van der Waals surface area (Å²) >= 11 is 0. The molecule has 0 bridgehead atoms. The maximum Gasteiger partial charge on any atom is 0.170 e. The Balaban J connectivity index is 2.12. The SMILES string of the molecule is CCCC12CC1C(=O)c1ccccc1C2=O. The number of benzene rings is 1. The van der Waals surface area contributed by atoms with Gasteiger partial charge in [-0.25, -0.2) is 0 Å². The van der Waals surface area contributed by atoms with Crippen molar-refractivity contribution in [2.24, 2.45) is 11.3 Å². The minimum Gasteiger partial charge on any atom is -0.294 e. The molecule has 0 saturated heterocycles. The van der Waals surface area contributed by atoms with E-state index in [0.717, 1.165) is 19.3 Å². The lowest BCUT2D eigenvalue weighted by atomic mass is 9.79. The van der Waals surface area contributed by atoms with Gasteiger partial charge in [0.2, 0.25) is 0 Å². The van der Waals surface area contributed by atoms with E-state index in [2.05, 4.69) is 6.92 Å². The molecule has 2 heteroatoms. The predicted octanol–water partition coefficient (Wildman–Crippen LogP) is 2.87. The van der Waals surface area contributed by atoms with Crippen LogP contribution in [0.25, 0.3) is 0 Å². The molecule has 0 heterocycles. The zero-order valence-electron chi connectivity index (χ0n) is 9.32. The van der Waals surface area contributed by atoms with Crippen LogP contribution in [0.1, 0.15) is 46.9 Å². The molecule has 0 aromatic heterocycles. The fourth-order valence-corrected chi connectivity index (χ4v) is 3.09. The van der Waals surface area contributed by atoms with Gasteiger partial charge >= 0.3 is 0 Å². The van der Waals surface area contributed by atoms with Crippen molar-refractivity contribution in [2.45, 2.75) is 26.2 Å². The van der Waals surface area contributed by atoms with Gasteiger partial charge in [0.1, 0.15) is 0 Å². The fourth-order valence-electron chi connectivity index (χ4n) is 3.09. The van der Waals surface area contributed by atoms with Crippen molar-refractivity contribution in [2.75, 3.05) is 0 Å². The summed E-state index contributed by atoms with van der Waals surface area (Å²) in [6, 6.07) is 7.25. The zero-order chi connectivity index (χ0) is 11.3. The second-order valence-corrected chi connectivity index (χ2v) is 4.90. The molecule has 0 radical (unpaired) electrons. The highest BCUT2D eigenvalue weighted by Crippen LogP contribution is 2.61. The van der Waals surface area contributed by atoms with Gasteiger partial charge in [-0.3, -0.25) is 9.59 Å². The van der Waals surface area contributed by atoms with Crippen molar-refractivity contribution in [1.29, 1.82) is 0 Å². The van der Waals surface area contributed by atoms with Gasteiger partial charge in [0.25, 0.3) is 0 Å². The van der Waals surface area contributed by atoms with Crippen LogP contribution < -0.4 is 0 Å². The van der Waals surface area contributed by atoms with Gasteiger partial charge in [-0.05, 0) is 12.8 Å². The van der Waals surface area contributed by atoms with Crippen LogP contribution >= 0.6 is 0 Å². The fraction of sp³-hybridized carbons (Fsp3) is 0.429. The van der Waals surface area contributed by atoms with Gasteiger partial charge in [0, 0.05) is 22.5 Å². The summed E-state index contributed by atoms with van der Waals surface area (Å²) < 4.78 is 0. The van der Waals surface area contributed by atoms with E-state index < -0.39 is 0 Å². The first-order chi connectivity index (χ1) is 7.70. The van der Waals surface area contributed by atoms with E-state index in [0.29, 0.717) is 11.1 Å². The summed E-state index contributed by atoms with van der Waals surface area (Å²) in [6.45, 7) is 2.07. The molecule has 0 amide bonds. The van der Waals surface area contributed by atoms with E-state index in [1.54, 1.807) is 12.1 Å². The molecule has 0 N–H and O–H groups in total. The molecular weight excluding hydrogens is 200 g/mol. The second-order valence-electron chi connectivity index (χ2n) is 4.90. The maximum atomic E-state index is 12.4. The zero-order valence-corrected chi connectivity index (χ0v) is 9.32. The van der Waals surface area contributed by atoms with Crippen LogP contribution in [0.4, 0.5) is 0 Å². The van der Waals surface area contributed by atoms with Crippen molar-refractivity contribution < 1.29 is 9.59 Å². The normalized spacial score (nSPS) is 30.9. The highest BCUT2D eigenvalue weighted by Gasteiger charge is 2.65. The summed E-state index contributed by atoms with van der Waals surface area (Å²) in [7, 11) is 0. The molecule has 0 aliphatic heterocycles. The molecule has 16 heavy (non-hydrogen) atoms. The number of carbonyl (C=O) groups is 2. The Morgan fingerprint density at radius 1 is 1.25 bits per heavy atom. The highest BCUT2D eigenvalue weighted by atomic mass is 16.1. The predicted molar refractivity (Wildman–Crippen MR) is 60.6 cm³/mol. The van der Waals surface area contributed by atoms with E-state index in [1.807, 2.05) is 12.1 Å². The molecule has 1 fully saturated rings. The van der Waals surface area contributed by atoms with Crippen LogP contribution in [-0.4, -0.2) is 11.6 Å². The maximum absolute atomic E-state index is 12.4. The standard InChI is InChI=1S/C14H14O2/c1-2-7-14-8-11(14)12(15)9-5-3-4-6-10(9)13(14)16/h3-6,11H,2,7-8H2,1H3. The van der Waals surface area contributed by atoms with Crippen molar-refractivity contribution >= 4 is 11.6 Å². The smallest absolute Gasteiger partial charge is 0.170 e. The number of hydrogen-bond acceptors (Lipinski definition) is 2. The Labute approximate surface area is 94.7 Å². The van der Waals surface area contributed by atoms with E-state index in [-0.39, 0.29) is 22.9 Å². The molecule has 2 nitrogen and oxygen atoms in total. The molecule has 2 atom stereocenters. The van der Waals surface area contributed by atoms with Crippen LogP contribution in [0.3, 0.4) is 0 Å². The molecule has 1 saturated carbocycles. The minimum absolute atomic E-state index is 0.0187. The van der Waals surface area contributed by atoms with Gasteiger partial charge in [0.15, 0.2) is 11.6 Å².